The zero-order chi connectivity index (χ0) is 10.1. The van der Waals surface area contributed by atoms with E-state index in [1.54, 1.807) is 0 Å². The third-order valence-corrected chi connectivity index (χ3v) is 2.41. The number of hydrogen-bond acceptors (Lipinski definition) is 1. The number of hydrogen-bond donors (Lipinski definition) is 0. The van der Waals surface area contributed by atoms with E-state index < -0.39 is 0 Å². The molecule has 0 aromatic heterocycles. The minimum atomic E-state index is 0.912. The fraction of sp³-hybridized carbons (Fsp3) is 0.462. The van der Waals surface area contributed by atoms with Crippen LogP contribution >= 0.6 is 0 Å². The molecule has 14 heavy (non-hydrogen) atoms. The van der Waals surface area contributed by atoms with Crippen LogP contribution in [0.25, 0.3) is 0 Å². The average Bonchev–Trinajstić information content (AvgIpc) is 2.19. The fourth-order valence-corrected chi connectivity index (χ4v) is 1.54. The van der Waals surface area contributed by atoms with Gasteiger partial charge in [0, 0.05) is 0 Å². The summed E-state index contributed by atoms with van der Waals surface area (Å²) in [5.74, 6) is 0. The van der Waals surface area contributed by atoms with Gasteiger partial charge in [-0.2, -0.15) is 0 Å². The van der Waals surface area contributed by atoms with Gasteiger partial charge in [-0.15, -0.1) is 0 Å². The summed E-state index contributed by atoms with van der Waals surface area (Å²) in [6.45, 7) is 0. The van der Waals surface area contributed by atoms with Crippen LogP contribution in [-0.4, -0.2) is 6.29 Å². The van der Waals surface area contributed by atoms with Crippen LogP contribution in [0.4, 0.5) is 0 Å². The van der Waals surface area contributed by atoms with Gasteiger partial charge in [0.15, 0.2) is 0 Å². The number of aldehydes is 1. The SMILES string of the molecule is O=CC1=CC=CC=CCCCCCC1. The highest BCUT2D eigenvalue weighted by molar-refractivity contribution is 5.73. The van der Waals surface area contributed by atoms with Crippen molar-refractivity contribution in [3.8, 4) is 0 Å². The van der Waals surface area contributed by atoms with Gasteiger partial charge in [0.25, 0.3) is 0 Å². The highest BCUT2D eigenvalue weighted by Gasteiger charge is 1.95. The maximum Gasteiger partial charge on any atom is 0.146 e. The molecule has 1 nitrogen and oxygen atoms in total. The first-order chi connectivity index (χ1) is 6.93. The van der Waals surface area contributed by atoms with Gasteiger partial charge in [-0.05, 0) is 31.3 Å². The second-order valence-corrected chi connectivity index (χ2v) is 3.63. The molecule has 0 amide bonds. The lowest BCUT2D eigenvalue weighted by molar-refractivity contribution is -0.105. The first-order valence-electron chi connectivity index (χ1n) is 5.41. The van der Waals surface area contributed by atoms with Gasteiger partial charge in [-0.25, -0.2) is 0 Å². The molecule has 0 spiro atoms. The molecule has 0 radical (unpaired) electrons. The van der Waals surface area contributed by atoms with Crippen molar-refractivity contribution in [2.45, 2.75) is 38.5 Å². The van der Waals surface area contributed by atoms with Crippen molar-refractivity contribution in [3.63, 3.8) is 0 Å². The smallest absolute Gasteiger partial charge is 0.146 e. The Morgan fingerprint density at radius 3 is 2.71 bits per heavy atom. The normalized spacial score (nSPS) is 19.3. The molecular weight excluding hydrogens is 172 g/mol. The van der Waals surface area contributed by atoms with E-state index >= 15 is 0 Å². The Morgan fingerprint density at radius 2 is 1.86 bits per heavy atom. The van der Waals surface area contributed by atoms with Gasteiger partial charge in [-0.3, -0.25) is 4.79 Å². The van der Waals surface area contributed by atoms with Crippen LogP contribution in [0.2, 0.25) is 0 Å². The van der Waals surface area contributed by atoms with Crippen molar-refractivity contribution in [3.05, 3.63) is 36.0 Å². The summed E-state index contributed by atoms with van der Waals surface area (Å²) in [6.07, 6.45) is 18.1. The van der Waals surface area contributed by atoms with Gasteiger partial charge < -0.3 is 0 Å². The van der Waals surface area contributed by atoms with Gasteiger partial charge in [0.1, 0.15) is 6.29 Å². The van der Waals surface area contributed by atoms with Crippen LogP contribution in [0, 0.1) is 0 Å². The molecule has 0 unspecified atom stereocenters. The van der Waals surface area contributed by atoms with Gasteiger partial charge in [0.05, 0.1) is 0 Å². The quantitative estimate of drug-likeness (QED) is 0.578. The summed E-state index contributed by atoms with van der Waals surface area (Å²) in [6, 6.07) is 0. The van der Waals surface area contributed by atoms with Crippen molar-refractivity contribution < 1.29 is 4.79 Å². The molecule has 0 N–H and O–H groups in total. The van der Waals surface area contributed by atoms with Crippen molar-refractivity contribution in [1.29, 1.82) is 0 Å². The minimum Gasteiger partial charge on any atom is -0.298 e. The molecule has 0 saturated carbocycles. The molecule has 0 aromatic carbocycles. The molecule has 0 saturated heterocycles. The second-order valence-electron chi connectivity index (χ2n) is 3.63. The predicted molar refractivity (Wildman–Crippen MR) is 60.1 cm³/mol. The Labute approximate surface area is 86.2 Å². The zero-order valence-corrected chi connectivity index (χ0v) is 8.61. The first kappa shape index (κ1) is 11.0. The Balaban J connectivity index is 2.54. The van der Waals surface area contributed by atoms with E-state index in [1.165, 1.54) is 25.7 Å². The van der Waals surface area contributed by atoms with E-state index in [0.717, 1.165) is 24.7 Å². The van der Waals surface area contributed by atoms with E-state index in [9.17, 15) is 4.79 Å². The lowest BCUT2D eigenvalue weighted by atomic mass is 10.1. The standard InChI is InChI=1S/C13H18O/c14-12-13-10-8-6-4-2-1-3-5-7-9-11-13/h2,4,6,8,10,12H,1,3,5,7,9,11H2. The molecule has 0 atom stereocenters. The van der Waals surface area contributed by atoms with Crippen molar-refractivity contribution in [2.24, 2.45) is 0 Å². The van der Waals surface area contributed by atoms with Crippen LogP contribution in [0.5, 0.6) is 0 Å². The molecule has 1 aliphatic carbocycles. The van der Waals surface area contributed by atoms with Crippen molar-refractivity contribution in [1.82, 2.24) is 0 Å². The molecule has 0 bridgehead atoms. The van der Waals surface area contributed by atoms with Crippen LogP contribution < -0.4 is 0 Å². The Kier molecular flexibility index (Phi) is 5.73. The second kappa shape index (κ2) is 7.31. The highest BCUT2D eigenvalue weighted by Crippen LogP contribution is 2.11. The number of rotatable bonds is 1. The lowest BCUT2D eigenvalue weighted by Crippen LogP contribution is -1.86. The van der Waals surface area contributed by atoms with Crippen molar-refractivity contribution >= 4 is 6.29 Å². The van der Waals surface area contributed by atoms with E-state index in [2.05, 4.69) is 12.2 Å². The molecule has 76 valence electrons. The molecule has 0 fully saturated rings. The average molecular weight is 190 g/mol. The highest BCUT2D eigenvalue weighted by atomic mass is 16.1. The summed E-state index contributed by atoms with van der Waals surface area (Å²) >= 11 is 0. The van der Waals surface area contributed by atoms with E-state index in [-0.39, 0.29) is 0 Å². The van der Waals surface area contributed by atoms with Crippen LogP contribution in [0.3, 0.4) is 0 Å². The minimum absolute atomic E-state index is 0.912. The van der Waals surface area contributed by atoms with Crippen molar-refractivity contribution in [2.75, 3.05) is 0 Å². The van der Waals surface area contributed by atoms with E-state index in [1.807, 2.05) is 18.2 Å². The summed E-state index contributed by atoms with van der Waals surface area (Å²) in [7, 11) is 0. The lowest BCUT2D eigenvalue weighted by Gasteiger charge is -2.00. The van der Waals surface area contributed by atoms with Gasteiger partial charge >= 0.3 is 0 Å². The Bertz CT molecular complexity index is 246. The summed E-state index contributed by atoms with van der Waals surface area (Å²) in [5.41, 5.74) is 0.912. The van der Waals surface area contributed by atoms with Crippen LogP contribution in [-0.2, 0) is 4.79 Å². The summed E-state index contributed by atoms with van der Waals surface area (Å²) < 4.78 is 0. The fourth-order valence-electron chi connectivity index (χ4n) is 1.54. The first-order valence-corrected chi connectivity index (χ1v) is 5.41. The maximum absolute atomic E-state index is 10.7. The molecule has 1 heteroatoms. The zero-order valence-electron chi connectivity index (χ0n) is 8.61. The van der Waals surface area contributed by atoms with E-state index in [0.29, 0.717) is 0 Å². The number of allylic oxidation sites excluding steroid dienone is 6. The van der Waals surface area contributed by atoms with Gasteiger partial charge in [0.2, 0.25) is 0 Å². The molecular formula is C13H18O. The maximum atomic E-state index is 10.7. The van der Waals surface area contributed by atoms with Crippen LogP contribution in [0.1, 0.15) is 38.5 Å². The number of carbonyl (C=O) groups is 1. The topological polar surface area (TPSA) is 17.1 Å². The molecule has 1 rings (SSSR count). The largest absolute Gasteiger partial charge is 0.298 e. The Hall–Kier alpha value is -1.11. The predicted octanol–water partition coefficient (Wildman–Crippen LogP) is 3.58. The molecule has 0 aliphatic heterocycles. The van der Waals surface area contributed by atoms with Crippen LogP contribution in [0.15, 0.2) is 36.0 Å². The summed E-state index contributed by atoms with van der Waals surface area (Å²) in [4.78, 5) is 10.7. The Morgan fingerprint density at radius 1 is 1.00 bits per heavy atom. The molecule has 0 aromatic rings. The summed E-state index contributed by atoms with van der Waals surface area (Å²) in [5, 5.41) is 0. The third-order valence-electron chi connectivity index (χ3n) is 2.41. The molecule has 0 heterocycles. The third kappa shape index (κ3) is 4.80. The van der Waals surface area contributed by atoms with E-state index in [4.69, 9.17) is 0 Å². The van der Waals surface area contributed by atoms with Gasteiger partial charge in [-0.1, -0.05) is 43.2 Å². The molecule has 1 aliphatic rings. The monoisotopic (exact) mass is 190 g/mol. The number of carbonyl (C=O) groups excluding carboxylic acids is 1.